The quantitative estimate of drug-likeness (QED) is 0.452. The maximum Gasteiger partial charge on any atom is 0.416 e. The topological polar surface area (TPSA) is 55.8 Å². The third kappa shape index (κ3) is 4.72. The normalized spacial score (nSPS) is 15.2. The van der Waals surface area contributed by atoms with E-state index in [4.69, 9.17) is 9.47 Å². The minimum absolute atomic E-state index is 0.0112. The Morgan fingerprint density at radius 2 is 1.44 bits per heavy atom. The van der Waals surface area contributed by atoms with Gasteiger partial charge in [0, 0.05) is 7.11 Å². The van der Waals surface area contributed by atoms with Gasteiger partial charge in [-0.05, 0) is 48.9 Å². The summed E-state index contributed by atoms with van der Waals surface area (Å²) in [5, 5.41) is 0. The van der Waals surface area contributed by atoms with Crippen molar-refractivity contribution in [1.29, 1.82) is 0 Å². The number of ether oxygens (including phenoxy) is 2. The van der Waals surface area contributed by atoms with E-state index in [1.807, 2.05) is 0 Å². The SMILES string of the molecule is COCC(C)N1C(=O)c2ccc(OCc3cc(C(F)(F)F)cc(C(F)(F)F)c3)cc2C1=O. The van der Waals surface area contributed by atoms with Gasteiger partial charge in [-0.2, -0.15) is 26.3 Å². The second-order valence-corrected chi connectivity index (χ2v) is 7.19. The van der Waals surface area contributed by atoms with E-state index in [9.17, 15) is 35.9 Å². The Kier molecular flexibility index (Phi) is 6.23. The minimum atomic E-state index is -4.97. The van der Waals surface area contributed by atoms with Crippen LogP contribution in [0.25, 0.3) is 0 Å². The Bertz CT molecular complexity index is 1020. The Hall–Kier alpha value is -3.08. The number of halogens is 6. The molecule has 11 heteroatoms. The molecule has 0 aromatic heterocycles. The summed E-state index contributed by atoms with van der Waals surface area (Å²) in [4.78, 5) is 26.1. The molecule has 2 aromatic carbocycles. The number of amides is 2. The highest BCUT2D eigenvalue weighted by atomic mass is 19.4. The van der Waals surface area contributed by atoms with E-state index < -0.39 is 47.9 Å². The molecule has 1 aliphatic rings. The zero-order valence-corrected chi connectivity index (χ0v) is 16.8. The number of hydrogen-bond donors (Lipinski definition) is 0. The van der Waals surface area contributed by atoms with Gasteiger partial charge in [-0.3, -0.25) is 14.5 Å². The molecular weight excluding hydrogens is 444 g/mol. The van der Waals surface area contributed by atoms with Crippen LogP contribution in [-0.2, 0) is 23.7 Å². The van der Waals surface area contributed by atoms with Gasteiger partial charge in [0.2, 0.25) is 0 Å². The van der Waals surface area contributed by atoms with Crippen LogP contribution < -0.4 is 4.74 Å². The second kappa shape index (κ2) is 8.45. The number of carbonyl (C=O) groups is 2. The predicted octanol–water partition coefficient (Wildman–Crippen LogP) is 4.93. The smallest absolute Gasteiger partial charge is 0.416 e. The molecule has 0 saturated heterocycles. The molecule has 2 amide bonds. The molecule has 1 unspecified atom stereocenters. The van der Waals surface area contributed by atoms with Crippen LogP contribution in [0.4, 0.5) is 26.3 Å². The summed E-state index contributed by atoms with van der Waals surface area (Å²) in [5.74, 6) is -1.12. The molecule has 0 saturated carbocycles. The van der Waals surface area contributed by atoms with Crippen LogP contribution in [-0.4, -0.2) is 36.5 Å². The van der Waals surface area contributed by atoms with Crippen LogP contribution in [0, 0.1) is 0 Å². The largest absolute Gasteiger partial charge is 0.489 e. The van der Waals surface area contributed by atoms with Crippen molar-refractivity contribution in [3.05, 3.63) is 64.2 Å². The van der Waals surface area contributed by atoms with Crippen LogP contribution in [0.2, 0.25) is 0 Å². The number of carbonyl (C=O) groups excluding carboxylic acids is 2. The van der Waals surface area contributed by atoms with Gasteiger partial charge >= 0.3 is 12.4 Å². The predicted molar refractivity (Wildman–Crippen MR) is 99.1 cm³/mol. The number of rotatable bonds is 6. The summed E-state index contributed by atoms with van der Waals surface area (Å²) in [6.45, 7) is 1.12. The molecule has 3 rings (SSSR count). The van der Waals surface area contributed by atoms with E-state index in [-0.39, 0.29) is 35.1 Å². The average Bonchev–Trinajstić information content (AvgIpc) is 2.95. The van der Waals surface area contributed by atoms with Crippen molar-refractivity contribution in [3.63, 3.8) is 0 Å². The van der Waals surface area contributed by atoms with Gasteiger partial charge in [0.05, 0.1) is 34.9 Å². The van der Waals surface area contributed by atoms with Gasteiger partial charge in [-0.25, -0.2) is 0 Å². The van der Waals surface area contributed by atoms with Crippen LogP contribution in [0.5, 0.6) is 5.75 Å². The first kappa shape index (κ1) is 23.6. The fourth-order valence-electron chi connectivity index (χ4n) is 3.31. The van der Waals surface area contributed by atoms with E-state index in [1.54, 1.807) is 6.92 Å². The lowest BCUT2D eigenvalue weighted by Crippen LogP contribution is -2.40. The van der Waals surface area contributed by atoms with Crippen molar-refractivity contribution in [2.75, 3.05) is 13.7 Å². The lowest BCUT2D eigenvalue weighted by molar-refractivity contribution is -0.143. The van der Waals surface area contributed by atoms with Gasteiger partial charge in [-0.1, -0.05) is 0 Å². The Morgan fingerprint density at radius 3 is 1.97 bits per heavy atom. The molecule has 0 aliphatic carbocycles. The van der Waals surface area contributed by atoms with Gasteiger partial charge in [0.25, 0.3) is 11.8 Å². The number of imide groups is 1. The van der Waals surface area contributed by atoms with Gasteiger partial charge in [0.15, 0.2) is 0 Å². The van der Waals surface area contributed by atoms with Crippen LogP contribution >= 0.6 is 0 Å². The summed E-state index contributed by atoms with van der Waals surface area (Å²) in [6.07, 6.45) is -9.95. The number of hydrogen-bond acceptors (Lipinski definition) is 4. The molecule has 1 atom stereocenters. The van der Waals surface area contributed by atoms with Gasteiger partial charge < -0.3 is 9.47 Å². The minimum Gasteiger partial charge on any atom is -0.489 e. The first-order valence-electron chi connectivity index (χ1n) is 9.25. The summed E-state index contributed by atoms with van der Waals surface area (Å²) in [5.41, 5.74) is -3.13. The van der Waals surface area contributed by atoms with Crippen LogP contribution in [0.15, 0.2) is 36.4 Å². The number of alkyl halides is 6. The first-order valence-corrected chi connectivity index (χ1v) is 9.25. The maximum atomic E-state index is 13.0. The molecular formula is C21H17F6NO4. The number of nitrogens with zero attached hydrogens (tertiary/aromatic N) is 1. The zero-order valence-electron chi connectivity index (χ0n) is 16.8. The zero-order chi connectivity index (χ0) is 23.8. The van der Waals surface area contributed by atoms with E-state index in [2.05, 4.69) is 0 Å². The summed E-state index contributed by atoms with van der Waals surface area (Å²) in [7, 11) is 1.42. The van der Waals surface area contributed by atoms with E-state index in [0.29, 0.717) is 12.1 Å². The Morgan fingerprint density at radius 1 is 0.875 bits per heavy atom. The fraction of sp³-hybridized carbons (Fsp3) is 0.333. The lowest BCUT2D eigenvalue weighted by atomic mass is 10.1. The molecule has 0 bridgehead atoms. The number of methoxy groups -OCH3 is 1. The highest BCUT2D eigenvalue weighted by Gasteiger charge is 2.39. The molecule has 1 aliphatic heterocycles. The third-order valence-electron chi connectivity index (χ3n) is 4.79. The summed E-state index contributed by atoms with van der Waals surface area (Å²) >= 11 is 0. The molecule has 2 aromatic rings. The second-order valence-electron chi connectivity index (χ2n) is 7.19. The van der Waals surface area contributed by atoms with E-state index in [1.165, 1.54) is 25.3 Å². The van der Waals surface area contributed by atoms with Crippen LogP contribution in [0.1, 0.15) is 44.3 Å². The van der Waals surface area contributed by atoms with Crippen molar-refractivity contribution < 1.29 is 45.4 Å². The van der Waals surface area contributed by atoms with Gasteiger partial charge in [0.1, 0.15) is 12.4 Å². The van der Waals surface area contributed by atoms with Crippen molar-refractivity contribution in [2.24, 2.45) is 0 Å². The molecule has 1 heterocycles. The number of fused-ring (bicyclic) bond motifs is 1. The summed E-state index contributed by atoms with van der Waals surface area (Å²) in [6, 6.07) is 4.47. The Labute approximate surface area is 178 Å². The highest BCUT2D eigenvalue weighted by Crippen LogP contribution is 2.36. The molecule has 5 nitrogen and oxygen atoms in total. The lowest BCUT2D eigenvalue weighted by Gasteiger charge is -2.21. The summed E-state index contributed by atoms with van der Waals surface area (Å²) < 4.78 is 88.3. The molecule has 0 N–H and O–H groups in total. The maximum absolute atomic E-state index is 13.0. The molecule has 32 heavy (non-hydrogen) atoms. The number of benzene rings is 2. The van der Waals surface area contributed by atoms with Crippen molar-refractivity contribution in [3.8, 4) is 5.75 Å². The molecule has 0 fully saturated rings. The van der Waals surface area contributed by atoms with E-state index in [0.717, 1.165) is 4.90 Å². The fourth-order valence-corrected chi connectivity index (χ4v) is 3.31. The van der Waals surface area contributed by atoms with Gasteiger partial charge in [-0.15, -0.1) is 0 Å². The Balaban J connectivity index is 1.84. The third-order valence-corrected chi connectivity index (χ3v) is 4.79. The van der Waals surface area contributed by atoms with Crippen molar-refractivity contribution in [2.45, 2.75) is 31.9 Å². The highest BCUT2D eigenvalue weighted by molar-refractivity contribution is 6.21. The average molecular weight is 461 g/mol. The first-order chi connectivity index (χ1) is 14.8. The van der Waals surface area contributed by atoms with Crippen LogP contribution in [0.3, 0.4) is 0 Å². The van der Waals surface area contributed by atoms with Crippen molar-refractivity contribution >= 4 is 11.8 Å². The monoisotopic (exact) mass is 461 g/mol. The van der Waals surface area contributed by atoms with Crippen molar-refractivity contribution in [1.82, 2.24) is 4.90 Å². The standard InChI is InChI=1S/C21H17F6NO4/c1-11(9-31-2)28-18(29)16-4-3-15(8-17(16)19(28)30)32-10-12-5-13(20(22,23)24)7-14(6-12)21(25,26)27/h3-8,11H,9-10H2,1-2H3. The molecule has 172 valence electrons. The van der Waals surface area contributed by atoms with E-state index >= 15 is 0 Å². The molecule has 0 spiro atoms. The molecule has 0 radical (unpaired) electrons.